The maximum Gasteiger partial charge on any atom is 0.247 e. The van der Waals surface area contributed by atoms with E-state index >= 15 is 0 Å². The van der Waals surface area contributed by atoms with Crippen LogP contribution < -0.4 is 19.5 Å². The zero-order chi connectivity index (χ0) is 21.1. The number of fused-ring (bicyclic) bond motifs is 3. The summed E-state index contributed by atoms with van der Waals surface area (Å²) in [5.74, 6) is 1.49. The highest BCUT2D eigenvalue weighted by Gasteiger charge is 2.27. The number of hydrogen-bond acceptors (Lipinski definition) is 8. The minimum Gasteiger partial charge on any atom is -0.490 e. The van der Waals surface area contributed by atoms with E-state index in [1.807, 2.05) is 56.5 Å². The normalized spacial score (nSPS) is 14.6. The van der Waals surface area contributed by atoms with Crippen molar-refractivity contribution < 1.29 is 14.2 Å². The molecular formula is C21H21ClN4O3S. The van der Waals surface area contributed by atoms with Gasteiger partial charge in [0.05, 0.1) is 18.2 Å². The Morgan fingerprint density at radius 3 is 2.70 bits per heavy atom. The minimum absolute atomic E-state index is 0.403. The van der Waals surface area contributed by atoms with E-state index in [-0.39, 0.29) is 0 Å². The Bertz CT molecular complexity index is 1070. The predicted octanol–water partition coefficient (Wildman–Crippen LogP) is 5.21. The van der Waals surface area contributed by atoms with Crippen LogP contribution in [0.5, 0.6) is 17.4 Å². The molecule has 0 spiro atoms. The molecule has 0 saturated heterocycles. The zero-order valence-electron chi connectivity index (χ0n) is 16.8. The average Bonchev–Trinajstić information content (AvgIpc) is 2.92. The minimum atomic E-state index is -0.564. The number of thioether (sulfide) groups is 1. The molecule has 30 heavy (non-hydrogen) atoms. The van der Waals surface area contributed by atoms with Gasteiger partial charge in [-0.25, -0.2) is 0 Å². The molecule has 0 fully saturated rings. The fourth-order valence-electron chi connectivity index (χ4n) is 3.17. The van der Waals surface area contributed by atoms with Crippen molar-refractivity contribution in [2.45, 2.75) is 25.2 Å². The molecule has 0 saturated carbocycles. The van der Waals surface area contributed by atoms with Crippen LogP contribution in [0.25, 0.3) is 11.3 Å². The highest BCUT2D eigenvalue weighted by molar-refractivity contribution is 7.98. The largest absolute Gasteiger partial charge is 0.490 e. The van der Waals surface area contributed by atoms with Gasteiger partial charge < -0.3 is 19.5 Å². The third-order valence-electron chi connectivity index (χ3n) is 4.44. The molecule has 156 valence electrons. The topological polar surface area (TPSA) is 78.4 Å². The van der Waals surface area contributed by atoms with E-state index in [0.29, 0.717) is 46.5 Å². The van der Waals surface area contributed by atoms with Gasteiger partial charge in [-0.1, -0.05) is 41.6 Å². The summed E-state index contributed by atoms with van der Waals surface area (Å²) in [7, 11) is 0. The van der Waals surface area contributed by atoms with Crippen LogP contribution in [-0.2, 0) is 0 Å². The van der Waals surface area contributed by atoms with Crippen LogP contribution in [0.1, 0.15) is 25.6 Å². The van der Waals surface area contributed by atoms with Crippen molar-refractivity contribution in [3.05, 3.63) is 47.0 Å². The van der Waals surface area contributed by atoms with Gasteiger partial charge in [-0.3, -0.25) is 0 Å². The van der Waals surface area contributed by atoms with Gasteiger partial charge in [0.15, 0.2) is 23.4 Å². The molecule has 1 N–H and O–H groups in total. The third kappa shape index (κ3) is 3.97. The summed E-state index contributed by atoms with van der Waals surface area (Å²) in [5.41, 5.74) is 3.08. The Kier molecular flexibility index (Phi) is 6.15. The molecule has 9 heteroatoms. The SMILES string of the molecule is CCOc1cc([C@H]2Nc3ccccc3-c3nnc(SC)nc3O2)cc(Cl)c1OCC. The molecule has 0 amide bonds. The highest BCUT2D eigenvalue weighted by atomic mass is 35.5. The second-order valence-electron chi connectivity index (χ2n) is 6.34. The summed E-state index contributed by atoms with van der Waals surface area (Å²) in [5, 5.41) is 12.9. The van der Waals surface area contributed by atoms with E-state index < -0.39 is 6.23 Å². The lowest BCUT2D eigenvalue weighted by Crippen LogP contribution is -2.17. The molecule has 0 radical (unpaired) electrons. The first-order chi connectivity index (χ1) is 14.6. The first-order valence-corrected chi connectivity index (χ1v) is 11.1. The molecule has 2 aromatic carbocycles. The molecule has 0 unspecified atom stereocenters. The molecule has 0 aliphatic carbocycles. The quantitative estimate of drug-likeness (QED) is 0.519. The summed E-state index contributed by atoms with van der Waals surface area (Å²) in [6.45, 7) is 4.78. The molecule has 0 bridgehead atoms. The fraction of sp³-hybridized carbons (Fsp3) is 0.286. The summed E-state index contributed by atoms with van der Waals surface area (Å²) < 4.78 is 17.7. The molecule has 4 rings (SSSR count). The monoisotopic (exact) mass is 444 g/mol. The van der Waals surface area contributed by atoms with Crippen LogP contribution in [0.3, 0.4) is 0 Å². The maximum absolute atomic E-state index is 6.53. The van der Waals surface area contributed by atoms with E-state index in [1.165, 1.54) is 11.8 Å². The summed E-state index contributed by atoms with van der Waals surface area (Å²) in [4.78, 5) is 4.53. The van der Waals surface area contributed by atoms with Crippen molar-refractivity contribution in [1.29, 1.82) is 0 Å². The molecule has 1 aliphatic heterocycles. The Hall–Kier alpha value is -2.71. The average molecular weight is 445 g/mol. The molecule has 1 aromatic heterocycles. The first kappa shape index (κ1) is 20.6. The lowest BCUT2D eigenvalue weighted by Gasteiger charge is -2.21. The number of nitrogens with one attached hydrogen (secondary N) is 1. The molecule has 7 nitrogen and oxygen atoms in total. The standard InChI is InChI=1S/C21H21ClN4O3S/c1-4-27-16-11-12(10-14(22)18(16)28-5-2)19-23-15-9-7-6-8-13(15)17-20(29-19)24-21(30-3)26-25-17/h6-11,19,23H,4-5H2,1-3H3/t19-/m0/s1. The third-order valence-corrected chi connectivity index (χ3v) is 5.26. The first-order valence-electron chi connectivity index (χ1n) is 9.54. The molecule has 1 aliphatic rings. The van der Waals surface area contributed by atoms with Gasteiger partial charge in [0.1, 0.15) is 0 Å². The number of halogens is 1. The van der Waals surface area contributed by atoms with Gasteiger partial charge in [-0.15, -0.1) is 10.2 Å². The number of nitrogens with zero attached hydrogens (tertiary/aromatic N) is 3. The molecule has 2 heterocycles. The van der Waals surface area contributed by atoms with Gasteiger partial charge in [-0.05, 0) is 38.3 Å². The van der Waals surface area contributed by atoms with E-state index in [4.69, 9.17) is 25.8 Å². The van der Waals surface area contributed by atoms with Gasteiger partial charge in [0, 0.05) is 16.8 Å². The fourth-order valence-corrected chi connectivity index (χ4v) is 3.74. The van der Waals surface area contributed by atoms with Crippen molar-refractivity contribution in [3.63, 3.8) is 0 Å². The maximum atomic E-state index is 6.53. The van der Waals surface area contributed by atoms with Gasteiger partial charge in [0.25, 0.3) is 0 Å². The van der Waals surface area contributed by atoms with Crippen molar-refractivity contribution in [2.24, 2.45) is 0 Å². The van der Waals surface area contributed by atoms with Crippen LogP contribution in [0.2, 0.25) is 5.02 Å². The van der Waals surface area contributed by atoms with Crippen LogP contribution in [-0.4, -0.2) is 34.7 Å². The van der Waals surface area contributed by atoms with Crippen molar-refractivity contribution in [2.75, 3.05) is 24.8 Å². The Morgan fingerprint density at radius 2 is 1.93 bits per heavy atom. The van der Waals surface area contributed by atoms with Gasteiger partial charge >= 0.3 is 0 Å². The van der Waals surface area contributed by atoms with Crippen LogP contribution in [0.4, 0.5) is 5.69 Å². The van der Waals surface area contributed by atoms with E-state index in [1.54, 1.807) is 0 Å². The van der Waals surface area contributed by atoms with Crippen LogP contribution in [0.15, 0.2) is 41.6 Å². The number of aromatic nitrogens is 3. The van der Waals surface area contributed by atoms with E-state index in [2.05, 4.69) is 20.5 Å². The number of rotatable bonds is 6. The van der Waals surface area contributed by atoms with E-state index in [9.17, 15) is 0 Å². The number of para-hydroxylation sites is 1. The lowest BCUT2D eigenvalue weighted by molar-refractivity contribution is 0.223. The predicted molar refractivity (Wildman–Crippen MR) is 118 cm³/mol. The molecule has 3 aromatic rings. The second kappa shape index (κ2) is 8.97. The smallest absolute Gasteiger partial charge is 0.247 e. The van der Waals surface area contributed by atoms with Crippen LogP contribution in [0, 0.1) is 0 Å². The highest BCUT2D eigenvalue weighted by Crippen LogP contribution is 2.43. The van der Waals surface area contributed by atoms with E-state index in [0.717, 1.165) is 16.8 Å². The van der Waals surface area contributed by atoms with Crippen molar-refractivity contribution >= 4 is 29.1 Å². The Labute approximate surface area is 184 Å². The number of hydrogen-bond donors (Lipinski definition) is 1. The molecular weight excluding hydrogens is 424 g/mol. The lowest BCUT2D eigenvalue weighted by atomic mass is 10.1. The Balaban J connectivity index is 1.82. The Morgan fingerprint density at radius 1 is 1.13 bits per heavy atom. The zero-order valence-corrected chi connectivity index (χ0v) is 18.4. The summed E-state index contributed by atoms with van der Waals surface area (Å²) in [6, 6.07) is 11.5. The van der Waals surface area contributed by atoms with Crippen molar-refractivity contribution in [1.82, 2.24) is 15.2 Å². The second-order valence-corrected chi connectivity index (χ2v) is 7.52. The number of ether oxygens (including phenoxy) is 3. The summed E-state index contributed by atoms with van der Waals surface area (Å²) in [6.07, 6.45) is 1.33. The van der Waals surface area contributed by atoms with Crippen molar-refractivity contribution in [3.8, 4) is 28.6 Å². The van der Waals surface area contributed by atoms with Crippen LogP contribution >= 0.6 is 23.4 Å². The number of benzene rings is 2. The van der Waals surface area contributed by atoms with Gasteiger partial charge in [0.2, 0.25) is 11.0 Å². The molecule has 1 atom stereocenters. The number of anilines is 1. The summed E-state index contributed by atoms with van der Waals surface area (Å²) >= 11 is 7.93. The van der Waals surface area contributed by atoms with Gasteiger partial charge in [-0.2, -0.15) is 4.98 Å².